The van der Waals surface area contributed by atoms with Gasteiger partial charge >= 0.3 is 5.97 Å². The van der Waals surface area contributed by atoms with E-state index in [1.807, 2.05) is 0 Å². The van der Waals surface area contributed by atoms with Crippen LogP contribution in [0.2, 0.25) is 0 Å². The van der Waals surface area contributed by atoms with Crippen molar-refractivity contribution < 1.29 is 52.5 Å². The Labute approximate surface area is 409 Å². The molecule has 0 aliphatic rings. The maximum Gasteiger partial charge on any atom is 0.308 e. The molecule has 0 amide bonds. The third-order valence-electron chi connectivity index (χ3n) is 12.6. The number of carbonyl (C=O) groups excluding carboxylic acids is 1. The van der Waals surface area contributed by atoms with Crippen LogP contribution < -0.4 is 0 Å². The van der Waals surface area contributed by atoms with Crippen LogP contribution >= 0.6 is 0 Å². The van der Waals surface area contributed by atoms with Crippen LogP contribution in [0.1, 0.15) is 297 Å². The molecule has 0 rings (SSSR count). The van der Waals surface area contributed by atoms with Crippen LogP contribution in [0.3, 0.4) is 0 Å². The number of aliphatic hydroxyl groups excluding tert-OH is 2. The number of carbonyl (C=O) groups is 1. The van der Waals surface area contributed by atoms with Gasteiger partial charge in [-0.2, -0.15) is 6.42 Å². The van der Waals surface area contributed by atoms with Crippen LogP contribution in [0.4, 0.5) is 0 Å². The van der Waals surface area contributed by atoms with Gasteiger partial charge in [0.25, 0.3) is 0 Å². The molecule has 2 atom stereocenters. The fourth-order valence-electron chi connectivity index (χ4n) is 8.45. The first-order valence-electron chi connectivity index (χ1n) is 27.5. The Balaban J connectivity index is -0.00000135. The van der Waals surface area contributed by atoms with E-state index in [1.165, 1.54) is 218 Å². The third kappa shape index (κ3) is 54.7. The molecule has 61 heavy (non-hydrogen) atoms. The summed E-state index contributed by atoms with van der Waals surface area (Å²) in [5, 5.41) is 19.0. The topological polar surface area (TPSA) is 70.0 Å². The van der Waals surface area contributed by atoms with Crippen molar-refractivity contribution in [3.8, 4) is 0 Å². The molecular formula is C55H112NO4Y-. The van der Waals surface area contributed by atoms with Gasteiger partial charge in [0.2, 0.25) is 0 Å². The molecule has 2 unspecified atom stereocenters. The predicted molar refractivity (Wildman–Crippen MR) is 266 cm³/mol. The summed E-state index contributed by atoms with van der Waals surface area (Å²) in [6.07, 6.45) is 52.4. The summed E-state index contributed by atoms with van der Waals surface area (Å²) >= 11 is 0. The van der Waals surface area contributed by atoms with Crippen molar-refractivity contribution in [2.45, 2.75) is 303 Å². The molecule has 0 heterocycles. The molecule has 0 aromatic carbocycles. The van der Waals surface area contributed by atoms with Gasteiger partial charge in [-0.3, -0.25) is 4.79 Å². The SMILES string of the molecule is CCCCCCCCCCC(O)CCCCCCCC.[CH2-]CCCCCN(CCCCO)CCCCCCOC(=O)C(CCCCCCCC)CCCCCCCCCC.[Y]. The van der Waals surface area contributed by atoms with Gasteiger partial charge in [-0.15, -0.1) is 0 Å². The summed E-state index contributed by atoms with van der Waals surface area (Å²) in [4.78, 5) is 15.5. The minimum absolute atomic E-state index is 0. The molecule has 0 spiro atoms. The van der Waals surface area contributed by atoms with Gasteiger partial charge in [-0.25, -0.2) is 0 Å². The van der Waals surface area contributed by atoms with Gasteiger partial charge in [0.15, 0.2) is 0 Å². The number of rotatable bonds is 49. The van der Waals surface area contributed by atoms with E-state index in [0.29, 0.717) is 13.2 Å². The maximum absolute atomic E-state index is 12.9. The average molecular weight is 940 g/mol. The minimum atomic E-state index is -0.0266. The largest absolute Gasteiger partial charge is 0.465 e. The summed E-state index contributed by atoms with van der Waals surface area (Å²) < 4.78 is 5.81. The molecule has 0 aromatic rings. The molecular weight excluding hydrogens is 828 g/mol. The summed E-state index contributed by atoms with van der Waals surface area (Å²) in [5.74, 6) is 0.191. The number of unbranched alkanes of at least 4 members (excludes halogenated alkanes) is 31. The smallest absolute Gasteiger partial charge is 0.308 e. The molecule has 0 aliphatic carbocycles. The Hall–Kier alpha value is 0.454. The van der Waals surface area contributed by atoms with Crippen molar-refractivity contribution >= 4 is 5.97 Å². The molecule has 0 fully saturated rings. The van der Waals surface area contributed by atoms with Crippen molar-refractivity contribution in [3.63, 3.8) is 0 Å². The Morgan fingerprint density at radius 3 is 1.13 bits per heavy atom. The quantitative estimate of drug-likeness (QED) is 0.0361. The Morgan fingerprint density at radius 2 is 0.754 bits per heavy atom. The number of hydrogen-bond donors (Lipinski definition) is 2. The zero-order chi connectivity index (χ0) is 44.3. The fourth-order valence-corrected chi connectivity index (χ4v) is 8.45. The van der Waals surface area contributed by atoms with Crippen LogP contribution in [0.5, 0.6) is 0 Å². The first-order valence-corrected chi connectivity index (χ1v) is 27.5. The van der Waals surface area contributed by atoms with E-state index in [1.54, 1.807) is 0 Å². The molecule has 0 aliphatic heterocycles. The molecule has 2 N–H and O–H groups in total. The van der Waals surface area contributed by atoms with Gasteiger partial charge in [0.05, 0.1) is 18.6 Å². The van der Waals surface area contributed by atoms with Crippen LogP contribution in [-0.2, 0) is 42.2 Å². The standard InChI is InChI=1S/C36H72NO3.C19H40O.Y/c1-4-7-10-13-15-16-18-22-29-35(28-21-17-14-11-8-5-2)36(39)40-34-27-20-19-24-31-37(32-25-26-33-38)30-23-12-9-6-3;1-3-5-7-9-11-12-14-16-18-19(20)17-15-13-10-8-6-4-2;/h35,38H,3-34H2,1-2H3;19-20H,3-18H2,1-2H3;/q-1;;. The monoisotopic (exact) mass is 940 g/mol. The zero-order valence-corrected chi connectivity index (χ0v) is 45.2. The second kappa shape index (κ2) is 58.5. The van der Waals surface area contributed by atoms with Crippen molar-refractivity contribution in [3.05, 3.63) is 6.92 Å². The minimum Gasteiger partial charge on any atom is -0.465 e. The maximum atomic E-state index is 12.9. The van der Waals surface area contributed by atoms with Crippen LogP contribution in [0.15, 0.2) is 0 Å². The normalized spacial score (nSPS) is 12.3. The number of aliphatic hydroxyl groups is 2. The summed E-state index contributed by atoms with van der Waals surface area (Å²) in [7, 11) is 0. The molecule has 0 saturated heterocycles. The number of nitrogens with zero attached hydrogens (tertiary/aromatic N) is 1. The summed E-state index contributed by atoms with van der Waals surface area (Å²) in [6.45, 7) is 17.3. The number of ether oxygens (including phenoxy) is 1. The van der Waals surface area contributed by atoms with E-state index >= 15 is 0 Å². The van der Waals surface area contributed by atoms with E-state index in [4.69, 9.17) is 9.84 Å². The Bertz CT molecular complexity index is 785. The van der Waals surface area contributed by atoms with E-state index < -0.39 is 0 Å². The second-order valence-corrected chi connectivity index (χ2v) is 18.8. The van der Waals surface area contributed by atoms with Crippen molar-refractivity contribution in [2.75, 3.05) is 32.8 Å². The molecule has 0 aromatic heterocycles. The van der Waals surface area contributed by atoms with E-state index in [-0.39, 0.29) is 50.7 Å². The van der Waals surface area contributed by atoms with Crippen LogP contribution in [0, 0.1) is 12.8 Å². The molecule has 1 radical (unpaired) electrons. The fraction of sp³-hybridized carbons (Fsp3) is 0.964. The summed E-state index contributed by atoms with van der Waals surface area (Å²) in [5.41, 5.74) is 0. The van der Waals surface area contributed by atoms with Gasteiger partial charge in [0.1, 0.15) is 0 Å². The third-order valence-corrected chi connectivity index (χ3v) is 12.6. The number of esters is 1. The molecule has 5 nitrogen and oxygen atoms in total. The average Bonchev–Trinajstić information content (AvgIpc) is 3.25. The van der Waals surface area contributed by atoms with Crippen molar-refractivity contribution in [1.29, 1.82) is 0 Å². The van der Waals surface area contributed by atoms with E-state index in [2.05, 4.69) is 39.5 Å². The zero-order valence-electron chi connectivity index (χ0n) is 42.3. The van der Waals surface area contributed by atoms with Crippen LogP contribution in [-0.4, -0.2) is 60.0 Å². The Morgan fingerprint density at radius 1 is 0.443 bits per heavy atom. The first kappa shape index (κ1) is 65.7. The Kier molecular flexibility index (Phi) is 63.0. The number of hydrogen-bond acceptors (Lipinski definition) is 5. The predicted octanol–water partition coefficient (Wildman–Crippen LogP) is 17.1. The van der Waals surface area contributed by atoms with E-state index in [0.717, 1.165) is 70.9 Å². The van der Waals surface area contributed by atoms with E-state index in [9.17, 15) is 9.90 Å². The molecule has 0 saturated carbocycles. The van der Waals surface area contributed by atoms with Gasteiger partial charge in [0, 0.05) is 39.3 Å². The van der Waals surface area contributed by atoms with Gasteiger partial charge in [-0.05, 0) is 77.4 Å². The van der Waals surface area contributed by atoms with Crippen LogP contribution in [0.25, 0.3) is 0 Å². The second-order valence-electron chi connectivity index (χ2n) is 18.8. The van der Waals surface area contributed by atoms with Gasteiger partial charge < -0.3 is 26.8 Å². The molecule has 365 valence electrons. The summed E-state index contributed by atoms with van der Waals surface area (Å²) in [6, 6.07) is 0. The first-order chi connectivity index (χ1) is 29.5. The molecule has 0 bridgehead atoms. The van der Waals surface area contributed by atoms with Crippen molar-refractivity contribution in [2.24, 2.45) is 5.92 Å². The van der Waals surface area contributed by atoms with Crippen molar-refractivity contribution in [1.82, 2.24) is 4.90 Å². The molecule has 6 heteroatoms. The van der Waals surface area contributed by atoms with Gasteiger partial charge in [-0.1, -0.05) is 233 Å².